The first kappa shape index (κ1) is 28.2. The van der Waals surface area contributed by atoms with Crippen LogP contribution in [0.3, 0.4) is 0 Å². The number of carbonyl (C=O) groups is 2. The molecule has 1 aromatic carbocycles. The number of hydrogen-bond donors (Lipinski definition) is 1. The number of benzene rings is 1. The molecule has 38 heavy (non-hydrogen) atoms. The molecule has 7 nitrogen and oxygen atoms in total. The van der Waals surface area contributed by atoms with E-state index in [0.29, 0.717) is 12.8 Å². The van der Waals surface area contributed by atoms with Crippen molar-refractivity contribution in [2.24, 2.45) is 5.41 Å². The van der Waals surface area contributed by atoms with Crippen molar-refractivity contribution in [3.63, 3.8) is 0 Å². The number of aliphatic hydroxyl groups excluding tert-OH is 1. The largest absolute Gasteiger partial charge is 0.391 e. The quantitative estimate of drug-likeness (QED) is 0.439. The average Bonchev–Trinajstić information content (AvgIpc) is 3.57. The molecule has 1 aliphatic heterocycles. The molecule has 1 saturated heterocycles. The van der Waals surface area contributed by atoms with E-state index < -0.39 is 23.6 Å². The SMILES string of the molecule is Cc1ncsc1-c1ccc(CCC(=O)C2CC(O)CN2C(=O)C(n2cc(C(C)(C)C)cn2)C(C)(C)C)cc1. The van der Waals surface area contributed by atoms with Gasteiger partial charge in [0.05, 0.1) is 34.4 Å². The molecule has 2 aromatic heterocycles. The van der Waals surface area contributed by atoms with E-state index in [1.165, 1.54) is 0 Å². The highest BCUT2D eigenvalue weighted by Crippen LogP contribution is 2.36. The molecule has 4 rings (SSSR count). The van der Waals surface area contributed by atoms with Gasteiger partial charge in [0.1, 0.15) is 6.04 Å². The number of hydrogen-bond acceptors (Lipinski definition) is 6. The zero-order valence-corrected chi connectivity index (χ0v) is 24.4. The summed E-state index contributed by atoms with van der Waals surface area (Å²) in [5, 5.41) is 15.0. The fourth-order valence-corrected chi connectivity index (χ4v) is 5.91. The van der Waals surface area contributed by atoms with Gasteiger partial charge in [0.25, 0.3) is 0 Å². The van der Waals surface area contributed by atoms with E-state index >= 15 is 0 Å². The molecule has 1 N–H and O–H groups in total. The second-order valence-corrected chi connectivity index (χ2v) is 13.4. The van der Waals surface area contributed by atoms with Gasteiger partial charge in [-0.3, -0.25) is 14.3 Å². The summed E-state index contributed by atoms with van der Waals surface area (Å²) in [7, 11) is 0. The molecule has 3 unspecified atom stereocenters. The van der Waals surface area contributed by atoms with Crippen LogP contribution in [0.1, 0.15) is 77.2 Å². The lowest BCUT2D eigenvalue weighted by molar-refractivity contribution is -0.143. The highest BCUT2D eigenvalue weighted by atomic mass is 32.1. The zero-order chi connectivity index (χ0) is 27.8. The highest BCUT2D eigenvalue weighted by molar-refractivity contribution is 7.13. The molecule has 0 aliphatic carbocycles. The minimum Gasteiger partial charge on any atom is -0.391 e. The Bertz CT molecular complexity index is 1280. The van der Waals surface area contributed by atoms with Crippen LogP contribution in [-0.4, -0.2) is 55.2 Å². The Labute approximate surface area is 229 Å². The topological polar surface area (TPSA) is 88.3 Å². The molecule has 3 atom stereocenters. The average molecular weight is 537 g/mol. The van der Waals surface area contributed by atoms with Gasteiger partial charge in [-0.2, -0.15) is 5.10 Å². The Hall–Kier alpha value is -2.84. The minimum absolute atomic E-state index is 0.0132. The number of thiazole rings is 1. The van der Waals surface area contributed by atoms with Crippen LogP contribution in [0.4, 0.5) is 0 Å². The number of aliphatic hydroxyl groups is 1. The summed E-state index contributed by atoms with van der Waals surface area (Å²) < 4.78 is 1.74. The fourth-order valence-electron chi connectivity index (χ4n) is 5.10. The van der Waals surface area contributed by atoms with Crippen LogP contribution in [-0.2, 0) is 21.4 Å². The van der Waals surface area contributed by atoms with E-state index in [4.69, 9.17) is 0 Å². The van der Waals surface area contributed by atoms with Crippen molar-refractivity contribution in [1.29, 1.82) is 0 Å². The molecule has 8 heteroatoms. The third kappa shape index (κ3) is 6.07. The van der Waals surface area contributed by atoms with Gasteiger partial charge in [-0.05, 0) is 40.9 Å². The van der Waals surface area contributed by atoms with E-state index in [1.54, 1.807) is 20.9 Å². The van der Waals surface area contributed by atoms with Crippen LogP contribution in [0.5, 0.6) is 0 Å². The number of carbonyl (C=O) groups excluding carboxylic acids is 2. The Morgan fingerprint density at radius 2 is 1.82 bits per heavy atom. The Morgan fingerprint density at radius 3 is 2.37 bits per heavy atom. The molecule has 1 amide bonds. The number of ketones is 1. The van der Waals surface area contributed by atoms with E-state index in [-0.39, 0.29) is 30.1 Å². The Kier molecular flexibility index (Phi) is 7.96. The van der Waals surface area contributed by atoms with Gasteiger partial charge in [0.15, 0.2) is 5.78 Å². The Morgan fingerprint density at radius 1 is 1.13 bits per heavy atom. The number of amides is 1. The van der Waals surface area contributed by atoms with Gasteiger partial charge in [-0.25, -0.2) is 4.98 Å². The lowest BCUT2D eigenvalue weighted by Gasteiger charge is -2.35. The maximum Gasteiger partial charge on any atom is 0.248 e. The van der Waals surface area contributed by atoms with Crippen LogP contribution in [0.15, 0.2) is 42.2 Å². The van der Waals surface area contributed by atoms with Crippen LogP contribution in [0, 0.1) is 12.3 Å². The molecule has 3 aromatic rings. The lowest BCUT2D eigenvalue weighted by atomic mass is 9.85. The number of nitrogens with zero attached hydrogens (tertiary/aromatic N) is 4. The summed E-state index contributed by atoms with van der Waals surface area (Å²) in [6.45, 7) is 14.5. The second-order valence-electron chi connectivity index (χ2n) is 12.6. The van der Waals surface area contributed by atoms with Crippen molar-refractivity contribution in [3.8, 4) is 10.4 Å². The predicted molar refractivity (Wildman–Crippen MR) is 151 cm³/mol. The number of likely N-dealkylation sites (tertiary alicyclic amines) is 1. The second kappa shape index (κ2) is 10.7. The number of aryl methyl sites for hydroxylation is 2. The van der Waals surface area contributed by atoms with E-state index in [9.17, 15) is 14.7 Å². The molecule has 1 fully saturated rings. The van der Waals surface area contributed by atoms with Gasteiger partial charge in [0, 0.05) is 25.6 Å². The molecule has 0 radical (unpaired) electrons. The van der Waals surface area contributed by atoms with Crippen molar-refractivity contribution < 1.29 is 14.7 Å². The smallest absolute Gasteiger partial charge is 0.248 e. The normalized spacial score (nSPS) is 19.1. The zero-order valence-electron chi connectivity index (χ0n) is 23.6. The van der Waals surface area contributed by atoms with Crippen LogP contribution in [0.25, 0.3) is 10.4 Å². The van der Waals surface area contributed by atoms with Crippen LogP contribution in [0.2, 0.25) is 0 Å². The monoisotopic (exact) mass is 536 g/mol. The van der Waals surface area contributed by atoms with Crippen molar-refractivity contribution in [3.05, 3.63) is 59.0 Å². The third-order valence-electron chi connectivity index (χ3n) is 7.34. The molecular formula is C30H40N4O3S. The number of β-amino-alcohol motifs (C(OH)–C–C–N with tert-alkyl or cyclic N) is 1. The van der Waals surface area contributed by atoms with E-state index in [0.717, 1.165) is 27.3 Å². The number of Topliss-reactive ketones (excluding diaryl/α,β-unsaturated/α-hetero) is 1. The van der Waals surface area contributed by atoms with Crippen LogP contribution >= 0.6 is 11.3 Å². The highest BCUT2D eigenvalue weighted by Gasteiger charge is 2.44. The summed E-state index contributed by atoms with van der Waals surface area (Å²) in [5.41, 5.74) is 5.57. The standard InChI is InChI=1S/C30H40N4O3S/c1-19-26(38-18-31-19)21-11-8-20(9-12-21)10-13-25(36)24-14-23(35)17-33(24)28(37)27(30(5,6)7)34-16-22(15-32-34)29(2,3)4/h8-9,11-12,15-16,18,23-24,27,35H,10,13-14,17H2,1-7H3. The van der Waals surface area contributed by atoms with Gasteiger partial charge >= 0.3 is 0 Å². The van der Waals surface area contributed by atoms with Gasteiger partial charge in [-0.1, -0.05) is 65.8 Å². The summed E-state index contributed by atoms with van der Waals surface area (Å²) >= 11 is 1.62. The maximum absolute atomic E-state index is 14.0. The van der Waals surface area contributed by atoms with E-state index in [2.05, 4.69) is 43.0 Å². The third-order valence-corrected chi connectivity index (χ3v) is 8.32. The first-order chi connectivity index (χ1) is 17.8. The van der Waals surface area contributed by atoms with Gasteiger partial charge in [-0.15, -0.1) is 11.3 Å². The van der Waals surface area contributed by atoms with Gasteiger partial charge in [0.2, 0.25) is 5.91 Å². The summed E-state index contributed by atoms with van der Waals surface area (Å²) in [6, 6.07) is 7.03. The number of aromatic nitrogens is 3. The molecule has 0 bridgehead atoms. The number of rotatable bonds is 7. The Balaban J connectivity index is 1.48. The first-order valence-electron chi connectivity index (χ1n) is 13.3. The fraction of sp³-hybridized carbons (Fsp3) is 0.533. The summed E-state index contributed by atoms with van der Waals surface area (Å²) in [5.74, 6) is -0.180. The van der Waals surface area contributed by atoms with Crippen molar-refractivity contribution >= 4 is 23.0 Å². The van der Waals surface area contributed by atoms with Crippen LogP contribution < -0.4 is 0 Å². The molecule has 1 aliphatic rings. The van der Waals surface area contributed by atoms with Crippen molar-refractivity contribution in [2.75, 3.05) is 6.54 Å². The predicted octanol–water partition coefficient (Wildman–Crippen LogP) is 5.36. The van der Waals surface area contributed by atoms with E-state index in [1.807, 2.05) is 57.7 Å². The minimum atomic E-state index is -0.710. The lowest BCUT2D eigenvalue weighted by Crippen LogP contribution is -2.47. The molecule has 204 valence electrons. The summed E-state index contributed by atoms with van der Waals surface area (Å²) in [4.78, 5) is 34.4. The van der Waals surface area contributed by atoms with Gasteiger partial charge < -0.3 is 10.0 Å². The molecule has 0 saturated carbocycles. The van der Waals surface area contributed by atoms with Crippen molar-refractivity contribution in [2.45, 2.75) is 91.3 Å². The van der Waals surface area contributed by atoms with Crippen molar-refractivity contribution in [1.82, 2.24) is 19.7 Å². The molecule has 3 heterocycles. The molecule has 0 spiro atoms. The molecular weight excluding hydrogens is 496 g/mol. The first-order valence-corrected chi connectivity index (χ1v) is 14.2. The maximum atomic E-state index is 14.0. The summed E-state index contributed by atoms with van der Waals surface area (Å²) in [6.07, 6.45) is 4.22.